The van der Waals surface area contributed by atoms with Crippen molar-refractivity contribution in [1.82, 2.24) is 19.1 Å². The zero-order chi connectivity index (χ0) is 19.0. The average Bonchev–Trinajstić information content (AvgIpc) is 3.07. The van der Waals surface area contributed by atoms with Crippen molar-refractivity contribution in [3.63, 3.8) is 0 Å². The van der Waals surface area contributed by atoms with E-state index in [4.69, 9.17) is 0 Å². The summed E-state index contributed by atoms with van der Waals surface area (Å²) in [6.45, 7) is 5.94. The van der Waals surface area contributed by atoms with Crippen LogP contribution in [0.1, 0.15) is 29.3 Å². The molecule has 0 aliphatic heterocycles. The normalized spacial score (nSPS) is 10.7. The SMILES string of the molecule is CC#Cc1cc(C)c(-c2c(O)n(C)n(Cc3ccn(C)n3)c2=O)c(C)c1. The molecule has 6 heteroatoms. The van der Waals surface area contributed by atoms with Crippen LogP contribution in [0.3, 0.4) is 0 Å². The van der Waals surface area contributed by atoms with E-state index in [1.165, 1.54) is 9.36 Å². The zero-order valence-corrected chi connectivity index (χ0v) is 15.7. The van der Waals surface area contributed by atoms with Crippen LogP contribution in [0.5, 0.6) is 5.88 Å². The molecule has 2 heterocycles. The summed E-state index contributed by atoms with van der Waals surface area (Å²) >= 11 is 0. The molecule has 0 spiro atoms. The van der Waals surface area contributed by atoms with Crippen molar-refractivity contribution in [2.75, 3.05) is 0 Å². The first kappa shape index (κ1) is 17.6. The van der Waals surface area contributed by atoms with Crippen LogP contribution in [0.2, 0.25) is 0 Å². The van der Waals surface area contributed by atoms with Crippen LogP contribution in [-0.2, 0) is 20.6 Å². The molecule has 0 atom stereocenters. The summed E-state index contributed by atoms with van der Waals surface area (Å²) in [6, 6.07) is 5.73. The summed E-state index contributed by atoms with van der Waals surface area (Å²) in [5.41, 5.74) is 4.30. The maximum absolute atomic E-state index is 13.1. The number of hydrogen-bond donors (Lipinski definition) is 1. The van der Waals surface area contributed by atoms with Gasteiger partial charge in [0.15, 0.2) is 0 Å². The molecule has 2 aromatic heterocycles. The summed E-state index contributed by atoms with van der Waals surface area (Å²) < 4.78 is 4.66. The van der Waals surface area contributed by atoms with E-state index >= 15 is 0 Å². The minimum Gasteiger partial charge on any atom is -0.493 e. The third-order valence-corrected chi connectivity index (χ3v) is 4.47. The molecular weight excluding hydrogens is 328 g/mol. The molecule has 0 aliphatic carbocycles. The zero-order valence-electron chi connectivity index (χ0n) is 15.7. The second-order valence-electron chi connectivity index (χ2n) is 6.43. The maximum Gasteiger partial charge on any atom is 0.278 e. The minimum absolute atomic E-state index is 0.0496. The van der Waals surface area contributed by atoms with Crippen LogP contribution >= 0.6 is 0 Å². The van der Waals surface area contributed by atoms with Gasteiger partial charge in [-0.25, -0.2) is 4.68 Å². The summed E-state index contributed by atoms with van der Waals surface area (Å²) in [4.78, 5) is 13.1. The molecule has 134 valence electrons. The molecule has 0 fully saturated rings. The van der Waals surface area contributed by atoms with Gasteiger partial charge >= 0.3 is 0 Å². The first-order chi connectivity index (χ1) is 12.3. The van der Waals surface area contributed by atoms with Gasteiger partial charge in [-0.05, 0) is 55.7 Å². The molecule has 3 rings (SSSR count). The van der Waals surface area contributed by atoms with E-state index < -0.39 is 0 Å². The summed E-state index contributed by atoms with van der Waals surface area (Å²) in [7, 11) is 3.50. The second kappa shape index (κ2) is 6.60. The van der Waals surface area contributed by atoms with E-state index in [-0.39, 0.29) is 11.4 Å². The van der Waals surface area contributed by atoms with Crippen molar-refractivity contribution in [2.45, 2.75) is 27.3 Å². The molecular formula is C20H22N4O2. The second-order valence-corrected chi connectivity index (χ2v) is 6.43. The van der Waals surface area contributed by atoms with Gasteiger partial charge < -0.3 is 5.11 Å². The molecule has 1 aromatic carbocycles. The fourth-order valence-electron chi connectivity index (χ4n) is 3.31. The highest BCUT2D eigenvalue weighted by atomic mass is 16.3. The monoisotopic (exact) mass is 350 g/mol. The van der Waals surface area contributed by atoms with Gasteiger partial charge in [0.2, 0.25) is 5.88 Å². The van der Waals surface area contributed by atoms with Crippen LogP contribution in [0.4, 0.5) is 0 Å². The van der Waals surface area contributed by atoms with Crippen molar-refractivity contribution < 1.29 is 5.11 Å². The Labute approximate surface area is 152 Å². The number of rotatable bonds is 3. The van der Waals surface area contributed by atoms with E-state index in [0.29, 0.717) is 12.1 Å². The van der Waals surface area contributed by atoms with Crippen LogP contribution < -0.4 is 5.56 Å². The van der Waals surface area contributed by atoms with Crippen molar-refractivity contribution in [3.05, 3.63) is 57.1 Å². The molecule has 0 bridgehead atoms. The minimum atomic E-state index is -0.240. The van der Waals surface area contributed by atoms with Gasteiger partial charge in [0.25, 0.3) is 5.56 Å². The van der Waals surface area contributed by atoms with Gasteiger partial charge in [-0.2, -0.15) is 5.10 Å². The molecule has 0 aliphatic rings. The Morgan fingerprint density at radius 3 is 2.35 bits per heavy atom. The largest absolute Gasteiger partial charge is 0.493 e. The van der Waals surface area contributed by atoms with Gasteiger partial charge in [-0.3, -0.25) is 14.2 Å². The third kappa shape index (κ3) is 2.93. The lowest BCUT2D eigenvalue weighted by Crippen LogP contribution is -2.23. The predicted molar refractivity (Wildman–Crippen MR) is 101 cm³/mol. The van der Waals surface area contributed by atoms with Crippen molar-refractivity contribution in [2.24, 2.45) is 14.1 Å². The standard InChI is InChI=1S/C20H22N4O2/c1-6-7-15-10-13(2)17(14(3)11-15)18-19(25)23(5)24(20(18)26)12-16-8-9-22(4)21-16/h8-11,25H,12H2,1-5H3. The maximum atomic E-state index is 13.1. The summed E-state index contributed by atoms with van der Waals surface area (Å²) in [5.74, 6) is 5.87. The molecule has 0 unspecified atom stereocenters. The molecule has 0 amide bonds. The summed E-state index contributed by atoms with van der Waals surface area (Å²) in [6.07, 6.45) is 1.83. The fraction of sp³-hybridized carbons (Fsp3) is 0.300. The quantitative estimate of drug-likeness (QED) is 0.738. The molecule has 26 heavy (non-hydrogen) atoms. The Hall–Kier alpha value is -3.20. The van der Waals surface area contributed by atoms with E-state index in [1.807, 2.05) is 45.3 Å². The third-order valence-electron chi connectivity index (χ3n) is 4.47. The van der Waals surface area contributed by atoms with Gasteiger partial charge in [0.1, 0.15) is 5.56 Å². The smallest absolute Gasteiger partial charge is 0.278 e. The molecule has 0 saturated heterocycles. The Morgan fingerprint density at radius 2 is 1.81 bits per heavy atom. The lowest BCUT2D eigenvalue weighted by molar-refractivity contribution is 0.389. The highest BCUT2D eigenvalue weighted by molar-refractivity contribution is 5.75. The summed E-state index contributed by atoms with van der Waals surface area (Å²) in [5, 5.41) is 15.0. The molecule has 3 aromatic rings. The van der Waals surface area contributed by atoms with E-state index in [0.717, 1.165) is 27.9 Å². The molecule has 6 nitrogen and oxygen atoms in total. The Kier molecular flexibility index (Phi) is 4.47. The number of aromatic hydroxyl groups is 1. The highest BCUT2D eigenvalue weighted by Gasteiger charge is 2.22. The van der Waals surface area contributed by atoms with E-state index in [9.17, 15) is 9.90 Å². The lowest BCUT2D eigenvalue weighted by Gasteiger charge is -2.09. The average molecular weight is 350 g/mol. The Balaban J connectivity index is 2.16. The Morgan fingerprint density at radius 1 is 1.15 bits per heavy atom. The molecule has 1 N–H and O–H groups in total. The highest BCUT2D eigenvalue weighted by Crippen LogP contribution is 2.32. The van der Waals surface area contributed by atoms with Gasteiger partial charge in [-0.1, -0.05) is 5.92 Å². The topological polar surface area (TPSA) is 65.0 Å². The van der Waals surface area contributed by atoms with Crippen molar-refractivity contribution >= 4 is 0 Å². The van der Waals surface area contributed by atoms with Crippen LogP contribution in [0.15, 0.2) is 29.2 Å². The van der Waals surface area contributed by atoms with Crippen molar-refractivity contribution in [1.29, 1.82) is 0 Å². The molecule has 0 saturated carbocycles. The van der Waals surface area contributed by atoms with E-state index in [2.05, 4.69) is 16.9 Å². The number of benzene rings is 1. The number of nitrogens with zero attached hydrogens (tertiary/aromatic N) is 4. The number of hydrogen-bond acceptors (Lipinski definition) is 3. The first-order valence-electron chi connectivity index (χ1n) is 8.35. The van der Waals surface area contributed by atoms with Crippen LogP contribution in [0.25, 0.3) is 11.1 Å². The van der Waals surface area contributed by atoms with Gasteiger partial charge in [0.05, 0.1) is 12.2 Å². The predicted octanol–water partition coefficient (Wildman–Crippen LogP) is 2.33. The van der Waals surface area contributed by atoms with Crippen molar-refractivity contribution in [3.8, 4) is 28.8 Å². The first-order valence-corrected chi connectivity index (χ1v) is 8.35. The van der Waals surface area contributed by atoms with Crippen LogP contribution in [-0.4, -0.2) is 24.3 Å². The van der Waals surface area contributed by atoms with E-state index in [1.54, 1.807) is 18.7 Å². The van der Waals surface area contributed by atoms with Crippen LogP contribution in [0, 0.1) is 25.7 Å². The fourth-order valence-corrected chi connectivity index (χ4v) is 3.31. The lowest BCUT2D eigenvalue weighted by atomic mass is 9.95. The molecule has 0 radical (unpaired) electrons. The van der Waals surface area contributed by atoms with Gasteiger partial charge in [-0.15, -0.1) is 5.92 Å². The number of aryl methyl sites for hydroxylation is 3. The Bertz CT molecular complexity index is 1080. The number of aromatic nitrogens is 4. The van der Waals surface area contributed by atoms with Gasteiger partial charge in [0, 0.05) is 25.9 Å².